The summed E-state index contributed by atoms with van der Waals surface area (Å²) in [6.07, 6.45) is 3.32. The lowest BCUT2D eigenvalue weighted by Gasteiger charge is -2.33. The van der Waals surface area contributed by atoms with E-state index in [1.807, 2.05) is 24.3 Å². The number of para-hydroxylation sites is 1. The van der Waals surface area contributed by atoms with Crippen LogP contribution in [0.3, 0.4) is 0 Å². The van der Waals surface area contributed by atoms with E-state index in [1.165, 1.54) is 25.8 Å². The number of ether oxygens (including phenoxy) is 2. The Morgan fingerprint density at radius 3 is 2.64 bits per heavy atom. The first-order valence-electron chi connectivity index (χ1n) is 9.33. The first-order chi connectivity index (χ1) is 12.1. The normalized spacial score (nSPS) is 17.8. The Morgan fingerprint density at radius 2 is 1.96 bits per heavy atom. The molecule has 1 aliphatic heterocycles. The van der Waals surface area contributed by atoms with Gasteiger partial charge in [-0.1, -0.05) is 18.2 Å². The number of aliphatic hydroxyl groups is 1. The maximum atomic E-state index is 10.2. The lowest BCUT2D eigenvalue weighted by atomic mass is 9.93. The zero-order chi connectivity index (χ0) is 18.1. The Bertz CT molecular complexity index is 488. The van der Waals surface area contributed by atoms with Gasteiger partial charge < -0.3 is 24.4 Å². The number of likely N-dealkylation sites (tertiary alicyclic amines) is 1. The van der Waals surface area contributed by atoms with Crippen LogP contribution in [0.5, 0.6) is 5.75 Å². The molecule has 0 saturated carbocycles. The van der Waals surface area contributed by atoms with Crippen molar-refractivity contribution < 1.29 is 14.6 Å². The van der Waals surface area contributed by atoms with Crippen LogP contribution >= 0.6 is 0 Å². The van der Waals surface area contributed by atoms with Gasteiger partial charge in [-0.2, -0.15) is 0 Å². The highest BCUT2D eigenvalue weighted by Crippen LogP contribution is 2.21. The molecule has 0 spiro atoms. The lowest BCUT2D eigenvalue weighted by molar-refractivity contribution is 0.00369. The zero-order valence-corrected chi connectivity index (χ0v) is 16.0. The SMILES string of the molecule is COc1ccccc1COCC(O)CN1CCC(CCN(C)C)CC1. The largest absolute Gasteiger partial charge is 0.496 e. The van der Waals surface area contributed by atoms with Crippen LogP contribution in [0.25, 0.3) is 0 Å². The fourth-order valence-corrected chi connectivity index (χ4v) is 3.38. The molecule has 1 N–H and O–H groups in total. The van der Waals surface area contributed by atoms with Crippen molar-refractivity contribution in [3.63, 3.8) is 0 Å². The molecule has 5 nitrogen and oxygen atoms in total. The summed E-state index contributed by atoms with van der Waals surface area (Å²) < 4.78 is 11.0. The second-order valence-corrected chi connectivity index (χ2v) is 7.32. The summed E-state index contributed by atoms with van der Waals surface area (Å²) in [5, 5.41) is 10.2. The fourth-order valence-electron chi connectivity index (χ4n) is 3.38. The Kier molecular flexibility index (Phi) is 8.68. The third-order valence-electron chi connectivity index (χ3n) is 4.92. The number of hydrogen-bond donors (Lipinski definition) is 1. The molecule has 1 saturated heterocycles. The number of hydrogen-bond acceptors (Lipinski definition) is 5. The Hall–Kier alpha value is -1.14. The standard InChI is InChI=1S/C20H34N2O3/c1-21(2)11-8-17-9-12-22(13-10-17)14-19(23)16-25-15-18-6-4-5-7-20(18)24-3/h4-7,17,19,23H,8-16H2,1-3H3. The number of rotatable bonds is 10. The number of piperidine rings is 1. The summed E-state index contributed by atoms with van der Waals surface area (Å²) in [4.78, 5) is 4.62. The smallest absolute Gasteiger partial charge is 0.124 e. The molecule has 0 amide bonds. The molecule has 0 radical (unpaired) electrons. The van der Waals surface area contributed by atoms with Gasteiger partial charge in [0.05, 0.1) is 26.4 Å². The van der Waals surface area contributed by atoms with Crippen molar-refractivity contribution in [2.45, 2.75) is 32.0 Å². The molecule has 142 valence electrons. The van der Waals surface area contributed by atoms with E-state index < -0.39 is 6.10 Å². The summed E-state index contributed by atoms with van der Waals surface area (Å²) in [6, 6.07) is 7.83. The van der Waals surface area contributed by atoms with Gasteiger partial charge in [0.25, 0.3) is 0 Å². The van der Waals surface area contributed by atoms with E-state index in [0.717, 1.165) is 30.3 Å². The summed E-state index contributed by atoms with van der Waals surface area (Å²) in [5.74, 6) is 1.66. The van der Waals surface area contributed by atoms with Crippen LogP contribution in [0, 0.1) is 5.92 Å². The van der Waals surface area contributed by atoms with E-state index in [9.17, 15) is 5.11 Å². The fraction of sp³-hybridized carbons (Fsp3) is 0.700. The first-order valence-corrected chi connectivity index (χ1v) is 9.33. The van der Waals surface area contributed by atoms with Gasteiger partial charge in [0.1, 0.15) is 5.75 Å². The van der Waals surface area contributed by atoms with E-state index in [1.54, 1.807) is 7.11 Å². The Balaban J connectivity index is 1.62. The predicted octanol–water partition coefficient (Wildman–Crippen LogP) is 2.24. The van der Waals surface area contributed by atoms with Gasteiger partial charge in [-0.15, -0.1) is 0 Å². The minimum atomic E-state index is -0.437. The van der Waals surface area contributed by atoms with E-state index in [2.05, 4.69) is 23.9 Å². The summed E-state index contributed by atoms with van der Waals surface area (Å²) in [6.45, 7) is 4.87. The average molecular weight is 351 g/mol. The summed E-state index contributed by atoms with van der Waals surface area (Å²) in [5.41, 5.74) is 1.01. The average Bonchev–Trinajstić information content (AvgIpc) is 2.61. The van der Waals surface area contributed by atoms with Crippen LogP contribution in [-0.4, -0.2) is 75.0 Å². The molecule has 1 aromatic carbocycles. The Labute approximate surface area is 152 Å². The molecule has 1 unspecified atom stereocenters. The molecule has 1 fully saturated rings. The van der Waals surface area contributed by atoms with Gasteiger partial charge in [-0.25, -0.2) is 0 Å². The highest BCUT2D eigenvalue weighted by atomic mass is 16.5. The first kappa shape index (κ1) is 20.2. The van der Waals surface area contributed by atoms with Gasteiger partial charge in [0.15, 0.2) is 0 Å². The van der Waals surface area contributed by atoms with Crippen molar-refractivity contribution in [2.75, 3.05) is 54.0 Å². The van der Waals surface area contributed by atoms with Crippen LogP contribution < -0.4 is 4.74 Å². The van der Waals surface area contributed by atoms with Crippen LogP contribution in [0.15, 0.2) is 24.3 Å². The minimum absolute atomic E-state index is 0.360. The number of aliphatic hydroxyl groups excluding tert-OH is 1. The van der Waals surface area contributed by atoms with Crippen LogP contribution in [-0.2, 0) is 11.3 Å². The molecule has 1 heterocycles. The van der Waals surface area contributed by atoms with Crippen LogP contribution in [0.2, 0.25) is 0 Å². The number of methoxy groups -OCH3 is 1. The van der Waals surface area contributed by atoms with Gasteiger partial charge in [-0.05, 0) is 65.0 Å². The lowest BCUT2D eigenvalue weighted by Crippen LogP contribution is -2.40. The zero-order valence-electron chi connectivity index (χ0n) is 16.0. The molecule has 0 bridgehead atoms. The van der Waals surface area contributed by atoms with Crippen molar-refractivity contribution >= 4 is 0 Å². The number of benzene rings is 1. The highest BCUT2D eigenvalue weighted by Gasteiger charge is 2.21. The molecule has 1 aromatic rings. The number of nitrogens with zero attached hydrogens (tertiary/aromatic N) is 2. The van der Waals surface area contributed by atoms with Crippen molar-refractivity contribution in [3.05, 3.63) is 29.8 Å². The second kappa shape index (κ2) is 10.8. The molecule has 25 heavy (non-hydrogen) atoms. The maximum absolute atomic E-state index is 10.2. The Morgan fingerprint density at radius 1 is 1.24 bits per heavy atom. The van der Waals surface area contributed by atoms with Crippen molar-refractivity contribution in [1.29, 1.82) is 0 Å². The molecule has 2 rings (SSSR count). The summed E-state index contributed by atoms with van der Waals surface area (Å²) in [7, 11) is 5.93. The predicted molar refractivity (Wildman–Crippen MR) is 101 cm³/mol. The van der Waals surface area contributed by atoms with Crippen molar-refractivity contribution in [1.82, 2.24) is 9.80 Å². The number of β-amino-alcohol motifs (C(OH)–C–C–N with tert-alkyl or cyclic N) is 1. The van der Waals surface area contributed by atoms with E-state index in [0.29, 0.717) is 19.8 Å². The molecule has 1 aliphatic rings. The van der Waals surface area contributed by atoms with Gasteiger partial charge in [-0.3, -0.25) is 0 Å². The topological polar surface area (TPSA) is 45.2 Å². The third kappa shape index (κ3) is 7.32. The molecule has 0 aliphatic carbocycles. The molecule has 0 aromatic heterocycles. The highest BCUT2D eigenvalue weighted by molar-refractivity contribution is 5.32. The van der Waals surface area contributed by atoms with Gasteiger partial charge in [0, 0.05) is 12.1 Å². The third-order valence-corrected chi connectivity index (χ3v) is 4.92. The summed E-state index contributed by atoms with van der Waals surface area (Å²) >= 11 is 0. The molecular formula is C20H34N2O3. The van der Waals surface area contributed by atoms with Crippen molar-refractivity contribution in [2.24, 2.45) is 5.92 Å². The minimum Gasteiger partial charge on any atom is -0.496 e. The van der Waals surface area contributed by atoms with Gasteiger partial charge >= 0.3 is 0 Å². The molecule has 5 heteroatoms. The van der Waals surface area contributed by atoms with E-state index >= 15 is 0 Å². The van der Waals surface area contributed by atoms with E-state index in [4.69, 9.17) is 9.47 Å². The monoisotopic (exact) mass is 350 g/mol. The second-order valence-electron chi connectivity index (χ2n) is 7.32. The van der Waals surface area contributed by atoms with Crippen LogP contribution in [0.1, 0.15) is 24.8 Å². The molecule has 1 atom stereocenters. The van der Waals surface area contributed by atoms with Crippen LogP contribution in [0.4, 0.5) is 0 Å². The van der Waals surface area contributed by atoms with Crippen molar-refractivity contribution in [3.8, 4) is 5.75 Å². The van der Waals surface area contributed by atoms with Gasteiger partial charge in [0.2, 0.25) is 0 Å². The molecular weight excluding hydrogens is 316 g/mol. The quantitative estimate of drug-likeness (QED) is 0.701. The van der Waals surface area contributed by atoms with E-state index in [-0.39, 0.29) is 0 Å². The maximum Gasteiger partial charge on any atom is 0.124 e.